The van der Waals surface area contributed by atoms with Crippen LogP contribution in [-0.4, -0.2) is 67.3 Å². The van der Waals surface area contributed by atoms with E-state index < -0.39 is 30.3 Å². The van der Waals surface area contributed by atoms with Gasteiger partial charge in [0, 0.05) is 43.7 Å². The molecule has 1 saturated carbocycles. The van der Waals surface area contributed by atoms with Gasteiger partial charge in [0.05, 0.1) is 17.9 Å². The minimum atomic E-state index is -2.79. The fourth-order valence-corrected chi connectivity index (χ4v) is 6.41. The fourth-order valence-electron chi connectivity index (χ4n) is 6.15. The second-order valence-electron chi connectivity index (χ2n) is 10.3. The van der Waals surface area contributed by atoms with E-state index in [2.05, 4.69) is 10.3 Å². The molecule has 1 saturated heterocycles. The summed E-state index contributed by atoms with van der Waals surface area (Å²) in [6.07, 6.45) is 0.305. The number of aromatic nitrogens is 3. The van der Waals surface area contributed by atoms with E-state index in [0.29, 0.717) is 68.0 Å². The molecule has 0 unspecified atom stereocenters. The average Bonchev–Trinajstić information content (AvgIpc) is 3.64. The number of nitrogens with zero attached hydrogens (tertiary/aromatic N) is 5. The largest absolute Gasteiger partial charge is 0.487 e. The van der Waals surface area contributed by atoms with Crippen LogP contribution < -0.4 is 4.74 Å². The van der Waals surface area contributed by atoms with Crippen molar-refractivity contribution in [1.82, 2.24) is 24.8 Å². The molecular formula is C26H30ClF2N5O5. The van der Waals surface area contributed by atoms with Crippen molar-refractivity contribution in [3.05, 3.63) is 39.7 Å². The van der Waals surface area contributed by atoms with Gasteiger partial charge in [-0.25, -0.2) is 13.5 Å². The molecule has 10 nitrogen and oxygen atoms in total. The number of aryl methyl sites for hydroxylation is 1. The number of ether oxygens (including phenoxy) is 1. The molecule has 0 spiro atoms. The molecule has 1 aliphatic carbocycles. The van der Waals surface area contributed by atoms with Gasteiger partial charge in [-0.1, -0.05) is 23.2 Å². The number of aliphatic carboxylic acids is 1. The molecule has 1 N–H and O–H groups in total. The van der Waals surface area contributed by atoms with Crippen molar-refractivity contribution in [3.63, 3.8) is 0 Å². The fraction of sp³-hybridized carbons (Fsp3) is 0.577. The van der Waals surface area contributed by atoms with Gasteiger partial charge in [-0.05, 0) is 43.4 Å². The Morgan fingerprint density at radius 1 is 1.18 bits per heavy atom. The Hall–Kier alpha value is -3.28. The van der Waals surface area contributed by atoms with Crippen LogP contribution in [-0.2, 0) is 34.5 Å². The summed E-state index contributed by atoms with van der Waals surface area (Å²) in [6, 6.07) is 2.65. The standard InChI is InChI=1S/C26H30ClF2N5O5/c1-32-23(24(28)29)18(30-31-32)13-39-20-8-7-17(27)16-9-11-34(25(36)14-4-2-5-15(14)26(37)38)19(22(16)20)12-33-10-3-6-21(33)35/h7-8,14-15,19,24H,2-6,9-13H2,1H3,(H,37,38)/t14-,15+,19-/m1/s1. The van der Waals surface area contributed by atoms with Gasteiger partial charge in [-0.2, -0.15) is 0 Å². The Balaban J connectivity index is 1.51. The molecule has 2 aliphatic heterocycles. The van der Waals surface area contributed by atoms with E-state index in [1.54, 1.807) is 21.9 Å². The van der Waals surface area contributed by atoms with Crippen LogP contribution in [0.2, 0.25) is 5.02 Å². The molecule has 5 rings (SSSR count). The molecule has 1 aromatic heterocycles. The molecule has 3 heterocycles. The third-order valence-electron chi connectivity index (χ3n) is 8.09. The molecule has 39 heavy (non-hydrogen) atoms. The summed E-state index contributed by atoms with van der Waals surface area (Å²) in [7, 11) is 1.38. The Bertz CT molecular complexity index is 1290. The van der Waals surface area contributed by atoms with E-state index in [-0.39, 0.29) is 36.4 Å². The van der Waals surface area contributed by atoms with Crippen molar-refractivity contribution < 1.29 is 33.0 Å². The predicted octanol–water partition coefficient (Wildman–Crippen LogP) is 3.53. The highest BCUT2D eigenvalue weighted by Crippen LogP contribution is 2.43. The van der Waals surface area contributed by atoms with Crippen LogP contribution in [0.5, 0.6) is 5.75 Å². The third kappa shape index (κ3) is 5.18. The Morgan fingerprint density at radius 3 is 2.64 bits per heavy atom. The topological polar surface area (TPSA) is 118 Å². The van der Waals surface area contributed by atoms with E-state index in [4.69, 9.17) is 16.3 Å². The zero-order chi connectivity index (χ0) is 27.8. The lowest BCUT2D eigenvalue weighted by atomic mass is 9.88. The Kier molecular flexibility index (Phi) is 7.75. The van der Waals surface area contributed by atoms with E-state index in [1.807, 2.05) is 0 Å². The number of fused-ring (bicyclic) bond motifs is 1. The van der Waals surface area contributed by atoms with Gasteiger partial charge in [-0.3, -0.25) is 14.4 Å². The highest BCUT2D eigenvalue weighted by molar-refractivity contribution is 6.31. The summed E-state index contributed by atoms with van der Waals surface area (Å²) in [4.78, 5) is 41.7. The van der Waals surface area contributed by atoms with E-state index in [9.17, 15) is 28.3 Å². The van der Waals surface area contributed by atoms with Crippen LogP contribution >= 0.6 is 11.6 Å². The minimum absolute atomic E-state index is 0.0125. The maximum Gasteiger partial charge on any atom is 0.307 e. The van der Waals surface area contributed by atoms with Crippen molar-refractivity contribution in [3.8, 4) is 5.75 Å². The van der Waals surface area contributed by atoms with Crippen LogP contribution in [0.1, 0.15) is 67.1 Å². The Labute approximate surface area is 228 Å². The van der Waals surface area contributed by atoms with Crippen molar-refractivity contribution in [2.45, 2.75) is 57.6 Å². The highest BCUT2D eigenvalue weighted by Gasteiger charge is 2.44. The minimum Gasteiger partial charge on any atom is -0.487 e. The molecule has 3 atom stereocenters. The van der Waals surface area contributed by atoms with Crippen LogP contribution in [0.15, 0.2) is 12.1 Å². The second kappa shape index (κ2) is 11.1. The van der Waals surface area contributed by atoms with Crippen molar-refractivity contribution in [2.75, 3.05) is 19.6 Å². The molecule has 0 radical (unpaired) electrons. The number of benzene rings is 1. The first-order chi connectivity index (χ1) is 18.7. The van der Waals surface area contributed by atoms with Gasteiger partial charge >= 0.3 is 5.97 Å². The van der Waals surface area contributed by atoms with E-state index in [1.165, 1.54) is 7.05 Å². The number of amides is 2. The predicted molar refractivity (Wildman–Crippen MR) is 134 cm³/mol. The summed E-state index contributed by atoms with van der Waals surface area (Å²) in [6.45, 7) is 0.771. The van der Waals surface area contributed by atoms with Crippen molar-refractivity contribution in [1.29, 1.82) is 0 Å². The van der Waals surface area contributed by atoms with Gasteiger partial charge < -0.3 is 19.6 Å². The highest BCUT2D eigenvalue weighted by atomic mass is 35.5. The molecule has 13 heteroatoms. The summed E-state index contributed by atoms with van der Waals surface area (Å²) in [5.74, 6) is -2.34. The lowest BCUT2D eigenvalue weighted by molar-refractivity contribution is -0.150. The van der Waals surface area contributed by atoms with E-state index >= 15 is 0 Å². The number of hydrogen-bond acceptors (Lipinski definition) is 6. The van der Waals surface area contributed by atoms with Crippen LogP contribution in [0.25, 0.3) is 0 Å². The van der Waals surface area contributed by atoms with Crippen molar-refractivity contribution >= 4 is 29.4 Å². The SMILES string of the molecule is Cn1nnc(COc2ccc(Cl)c3c2[C@@H](CN2CCCC2=O)N(C(=O)[C@@H]2CCC[C@@H]2C(=O)O)CC3)c1C(F)F. The van der Waals surface area contributed by atoms with Gasteiger partial charge in [0.15, 0.2) is 0 Å². The zero-order valence-electron chi connectivity index (χ0n) is 21.5. The molecule has 210 valence electrons. The lowest BCUT2D eigenvalue weighted by Gasteiger charge is -2.41. The van der Waals surface area contributed by atoms with Crippen LogP contribution in [0.4, 0.5) is 8.78 Å². The molecular weight excluding hydrogens is 536 g/mol. The summed E-state index contributed by atoms with van der Waals surface area (Å²) < 4.78 is 34.2. The lowest BCUT2D eigenvalue weighted by Crippen LogP contribution is -2.48. The number of carboxylic acids is 1. The van der Waals surface area contributed by atoms with Crippen molar-refractivity contribution in [2.24, 2.45) is 18.9 Å². The maximum absolute atomic E-state index is 13.9. The zero-order valence-corrected chi connectivity index (χ0v) is 22.2. The molecule has 2 aromatic rings. The van der Waals surface area contributed by atoms with Gasteiger partial charge in [0.2, 0.25) is 11.8 Å². The summed E-state index contributed by atoms with van der Waals surface area (Å²) in [5.41, 5.74) is 0.995. The van der Waals surface area contributed by atoms with E-state index in [0.717, 1.165) is 10.2 Å². The average molecular weight is 566 g/mol. The number of hydrogen-bond donors (Lipinski definition) is 1. The normalized spacial score (nSPS) is 23.0. The summed E-state index contributed by atoms with van der Waals surface area (Å²) >= 11 is 6.59. The van der Waals surface area contributed by atoms with Gasteiger partial charge in [0.1, 0.15) is 23.7 Å². The number of rotatable bonds is 8. The Morgan fingerprint density at radius 2 is 1.95 bits per heavy atom. The number of carbonyl (C=O) groups excluding carboxylic acids is 2. The quantitative estimate of drug-likeness (QED) is 0.520. The maximum atomic E-state index is 13.9. The first-order valence-corrected chi connectivity index (χ1v) is 13.5. The second-order valence-corrected chi connectivity index (χ2v) is 10.7. The molecule has 1 aromatic carbocycles. The third-order valence-corrected chi connectivity index (χ3v) is 8.44. The number of alkyl halides is 2. The van der Waals surface area contributed by atoms with Crippen LogP contribution in [0.3, 0.4) is 0 Å². The van der Waals surface area contributed by atoms with Gasteiger partial charge in [-0.15, -0.1) is 5.10 Å². The smallest absolute Gasteiger partial charge is 0.307 e. The molecule has 0 bridgehead atoms. The number of carbonyl (C=O) groups is 3. The van der Waals surface area contributed by atoms with Gasteiger partial charge in [0.25, 0.3) is 6.43 Å². The summed E-state index contributed by atoms with van der Waals surface area (Å²) in [5, 5.41) is 17.7. The molecule has 3 aliphatic rings. The molecule has 2 fully saturated rings. The number of halogens is 3. The number of likely N-dealkylation sites (tertiary alicyclic amines) is 1. The monoisotopic (exact) mass is 565 g/mol. The van der Waals surface area contributed by atoms with Crippen LogP contribution in [0, 0.1) is 11.8 Å². The number of carboxylic acid groups (broad SMARTS) is 1. The first kappa shape index (κ1) is 27.3. The molecule has 2 amide bonds. The first-order valence-electron chi connectivity index (χ1n) is 13.1.